The quantitative estimate of drug-likeness (QED) is 0.770. The van der Waals surface area contributed by atoms with E-state index >= 15 is 0 Å². The number of hydrogen-bond donors (Lipinski definition) is 0. The van der Waals surface area contributed by atoms with Crippen LogP contribution >= 0.6 is 0 Å². The molecule has 0 heterocycles. The number of carbonyl (C=O) groups is 1. The van der Waals surface area contributed by atoms with Crippen molar-refractivity contribution in [3.63, 3.8) is 0 Å². The first-order valence-corrected chi connectivity index (χ1v) is 5.80. The zero-order chi connectivity index (χ0) is 11.8. The summed E-state index contributed by atoms with van der Waals surface area (Å²) in [5, 5.41) is 0. The van der Waals surface area contributed by atoms with E-state index in [0.717, 1.165) is 12.8 Å². The molecule has 2 nitrogen and oxygen atoms in total. The number of nitrogens with zero attached hydrogens (tertiary/aromatic N) is 1. The van der Waals surface area contributed by atoms with Crippen LogP contribution in [0.3, 0.4) is 0 Å². The largest absolute Gasteiger partial charge is 0.302 e. The molecule has 0 N–H and O–H groups in total. The Morgan fingerprint density at radius 2 is 1.81 bits per heavy atom. The van der Waals surface area contributed by atoms with Crippen LogP contribution in [0.5, 0.6) is 0 Å². The van der Waals surface area contributed by atoms with Crippen LogP contribution in [-0.2, 0) is 10.2 Å². The summed E-state index contributed by atoms with van der Waals surface area (Å²) in [4.78, 5) is 14.1. The minimum Gasteiger partial charge on any atom is -0.302 e. The maximum absolute atomic E-state index is 12.2. The lowest BCUT2D eigenvalue weighted by atomic mass is 9.90. The van der Waals surface area contributed by atoms with Gasteiger partial charge in [-0.2, -0.15) is 0 Å². The van der Waals surface area contributed by atoms with E-state index in [4.69, 9.17) is 0 Å². The fourth-order valence-electron chi connectivity index (χ4n) is 2.16. The molecule has 0 aliphatic heterocycles. The highest BCUT2D eigenvalue weighted by molar-refractivity contribution is 5.94. The van der Waals surface area contributed by atoms with Crippen molar-refractivity contribution in [3.8, 4) is 0 Å². The lowest BCUT2D eigenvalue weighted by Gasteiger charge is -2.17. The Morgan fingerprint density at radius 1 is 1.25 bits per heavy atom. The summed E-state index contributed by atoms with van der Waals surface area (Å²) in [6.07, 6.45) is 2.03. The number of rotatable bonds is 4. The standard InChI is InChI=1S/C14H19NO/c1-11-4-6-12(7-5-11)14(8-9-14)13(16)10-15(2)3/h4-7H,8-10H2,1-3H3. The van der Waals surface area contributed by atoms with Crippen molar-refractivity contribution in [2.24, 2.45) is 0 Å². The average Bonchev–Trinajstić information content (AvgIpc) is 2.98. The van der Waals surface area contributed by atoms with Gasteiger partial charge in [0.1, 0.15) is 0 Å². The van der Waals surface area contributed by atoms with E-state index in [1.54, 1.807) is 0 Å². The van der Waals surface area contributed by atoms with E-state index in [0.29, 0.717) is 12.3 Å². The Bertz CT molecular complexity index is 388. The highest BCUT2D eigenvalue weighted by atomic mass is 16.1. The number of benzene rings is 1. The Morgan fingerprint density at radius 3 is 2.25 bits per heavy atom. The van der Waals surface area contributed by atoms with Crippen molar-refractivity contribution in [2.45, 2.75) is 25.2 Å². The smallest absolute Gasteiger partial charge is 0.157 e. The van der Waals surface area contributed by atoms with Gasteiger partial charge in [-0.3, -0.25) is 4.79 Å². The van der Waals surface area contributed by atoms with Crippen LogP contribution in [-0.4, -0.2) is 31.3 Å². The van der Waals surface area contributed by atoms with E-state index in [1.165, 1.54) is 11.1 Å². The van der Waals surface area contributed by atoms with Crippen molar-refractivity contribution in [1.29, 1.82) is 0 Å². The molecule has 1 aliphatic rings. The summed E-state index contributed by atoms with van der Waals surface area (Å²) in [6, 6.07) is 8.41. The Hall–Kier alpha value is -1.15. The number of ketones is 1. The number of aryl methyl sites for hydroxylation is 1. The van der Waals surface area contributed by atoms with Crippen molar-refractivity contribution >= 4 is 5.78 Å². The normalized spacial score (nSPS) is 17.5. The maximum Gasteiger partial charge on any atom is 0.157 e. The van der Waals surface area contributed by atoms with E-state index in [1.807, 2.05) is 19.0 Å². The molecule has 0 radical (unpaired) electrons. The number of likely N-dealkylation sites (N-methyl/N-ethyl adjacent to an activating group) is 1. The van der Waals surface area contributed by atoms with Gasteiger partial charge < -0.3 is 4.90 Å². The molecule has 1 aromatic carbocycles. The van der Waals surface area contributed by atoms with E-state index in [-0.39, 0.29) is 5.41 Å². The molecule has 16 heavy (non-hydrogen) atoms. The molecule has 0 aromatic heterocycles. The lowest BCUT2D eigenvalue weighted by Crippen LogP contribution is -2.31. The summed E-state index contributed by atoms with van der Waals surface area (Å²) in [5.41, 5.74) is 2.29. The monoisotopic (exact) mass is 217 g/mol. The predicted octanol–water partition coefficient (Wildman–Crippen LogP) is 2.16. The van der Waals surface area contributed by atoms with Gasteiger partial charge in [0.25, 0.3) is 0 Å². The van der Waals surface area contributed by atoms with Crippen LogP contribution in [0.1, 0.15) is 24.0 Å². The van der Waals surface area contributed by atoms with Crippen molar-refractivity contribution in [2.75, 3.05) is 20.6 Å². The van der Waals surface area contributed by atoms with Crippen molar-refractivity contribution < 1.29 is 4.79 Å². The third kappa shape index (κ3) is 2.03. The fourth-order valence-corrected chi connectivity index (χ4v) is 2.16. The molecule has 0 amide bonds. The fraction of sp³-hybridized carbons (Fsp3) is 0.500. The van der Waals surface area contributed by atoms with Gasteiger partial charge >= 0.3 is 0 Å². The molecule has 1 aliphatic carbocycles. The molecule has 0 unspecified atom stereocenters. The molecular formula is C14H19NO. The predicted molar refractivity (Wildman–Crippen MR) is 65.7 cm³/mol. The zero-order valence-electron chi connectivity index (χ0n) is 10.3. The van der Waals surface area contributed by atoms with Gasteiger partial charge in [-0.1, -0.05) is 29.8 Å². The Labute approximate surface area is 97.3 Å². The first kappa shape index (κ1) is 11.3. The average molecular weight is 217 g/mol. The first-order valence-electron chi connectivity index (χ1n) is 5.80. The van der Waals surface area contributed by atoms with E-state index < -0.39 is 0 Å². The summed E-state index contributed by atoms with van der Waals surface area (Å²) in [5.74, 6) is 0.362. The van der Waals surface area contributed by atoms with Crippen LogP contribution in [0, 0.1) is 6.92 Å². The zero-order valence-corrected chi connectivity index (χ0v) is 10.3. The minimum atomic E-state index is -0.155. The number of Topliss-reactive ketones (excluding diaryl/α,β-unsaturated/α-hetero) is 1. The molecule has 0 atom stereocenters. The van der Waals surface area contributed by atoms with Gasteiger partial charge in [0.2, 0.25) is 0 Å². The second-order valence-electron chi connectivity index (χ2n) is 5.11. The Kier molecular flexibility index (Phi) is 2.85. The van der Waals surface area contributed by atoms with Crippen LogP contribution < -0.4 is 0 Å². The van der Waals surface area contributed by atoms with Crippen LogP contribution in [0.4, 0.5) is 0 Å². The SMILES string of the molecule is Cc1ccc(C2(C(=O)CN(C)C)CC2)cc1. The molecule has 86 valence electrons. The van der Waals surface area contributed by atoms with Crippen LogP contribution in [0.2, 0.25) is 0 Å². The first-order chi connectivity index (χ1) is 7.54. The minimum absolute atomic E-state index is 0.155. The van der Waals surface area contributed by atoms with Gasteiger partial charge in [-0.25, -0.2) is 0 Å². The third-order valence-electron chi connectivity index (χ3n) is 3.35. The molecule has 1 aromatic rings. The van der Waals surface area contributed by atoms with Crippen molar-refractivity contribution in [1.82, 2.24) is 4.90 Å². The van der Waals surface area contributed by atoms with Crippen molar-refractivity contribution in [3.05, 3.63) is 35.4 Å². The molecule has 0 bridgehead atoms. The molecule has 2 heteroatoms. The van der Waals surface area contributed by atoms with Gasteiger partial charge in [0.05, 0.1) is 12.0 Å². The second kappa shape index (κ2) is 4.02. The van der Waals surface area contributed by atoms with Gasteiger partial charge in [-0.15, -0.1) is 0 Å². The highest BCUT2D eigenvalue weighted by Crippen LogP contribution is 2.49. The molecular weight excluding hydrogens is 198 g/mol. The Balaban J connectivity index is 2.19. The molecule has 2 rings (SSSR count). The maximum atomic E-state index is 12.2. The third-order valence-corrected chi connectivity index (χ3v) is 3.35. The van der Waals surface area contributed by atoms with Gasteiger partial charge in [0, 0.05) is 0 Å². The number of hydrogen-bond acceptors (Lipinski definition) is 2. The highest BCUT2D eigenvalue weighted by Gasteiger charge is 2.50. The number of carbonyl (C=O) groups excluding carboxylic acids is 1. The van der Waals surface area contributed by atoms with Gasteiger partial charge in [0.15, 0.2) is 5.78 Å². The molecule has 0 spiro atoms. The lowest BCUT2D eigenvalue weighted by molar-refractivity contribution is -0.122. The molecule has 1 fully saturated rings. The molecule has 0 saturated heterocycles. The summed E-state index contributed by atoms with van der Waals surface area (Å²) in [7, 11) is 3.90. The summed E-state index contributed by atoms with van der Waals surface area (Å²) >= 11 is 0. The van der Waals surface area contributed by atoms with Crippen LogP contribution in [0.25, 0.3) is 0 Å². The second-order valence-corrected chi connectivity index (χ2v) is 5.11. The molecule has 1 saturated carbocycles. The van der Waals surface area contributed by atoms with E-state index in [2.05, 4.69) is 31.2 Å². The topological polar surface area (TPSA) is 20.3 Å². The van der Waals surface area contributed by atoms with Crippen LogP contribution in [0.15, 0.2) is 24.3 Å². The van der Waals surface area contributed by atoms with Gasteiger partial charge in [-0.05, 0) is 39.4 Å². The van der Waals surface area contributed by atoms with E-state index in [9.17, 15) is 4.79 Å². The summed E-state index contributed by atoms with van der Waals surface area (Å²) < 4.78 is 0. The summed E-state index contributed by atoms with van der Waals surface area (Å²) in [6.45, 7) is 2.62.